The topological polar surface area (TPSA) is 484 Å². The van der Waals surface area contributed by atoms with E-state index < -0.39 is 198 Å². The highest BCUT2D eigenvalue weighted by Gasteiger charge is 2.51. The minimum absolute atomic E-state index is 0.493. The zero-order valence-electron chi connectivity index (χ0n) is 45.6. The van der Waals surface area contributed by atoms with Gasteiger partial charge in [0, 0.05) is 37.9 Å². The number of phenols is 1. The van der Waals surface area contributed by atoms with Gasteiger partial charge >= 0.3 is 10.4 Å². The summed E-state index contributed by atoms with van der Waals surface area (Å²) in [7, 11) is -5.34. The molecule has 31 heteroatoms. The van der Waals surface area contributed by atoms with E-state index in [9.17, 15) is 97.3 Å². The molecule has 1 unspecified atom stereocenters. The predicted molar refractivity (Wildman–Crippen MR) is 286 cm³/mol. The Kier molecular flexibility index (Phi) is 24.1. The molecule has 2 aromatic rings. The van der Waals surface area contributed by atoms with Gasteiger partial charge in [-0.25, -0.2) is 0 Å². The smallest absolute Gasteiger partial charge is 0.446 e. The molecule has 3 heterocycles. The quantitative estimate of drug-likeness (QED) is 0.0337. The Balaban J connectivity index is 1.54. The zero-order chi connectivity index (χ0) is 61.6. The number of nitrogens with two attached hydrogens (primary N) is 1. The lowest BCUT2D eigenvalue weighted by atomic mass is 9.96. The second-order valence-electron chi connectivity index (χ2n) is 20.7. The van der Waals surface area contributed by atoms with Gasteiger partial charge < -0.3 is 97.0 Å². The number of rotatable bonds is 20. The van der Waals surface area contributed by atoms with Gasteiger partial charge in [0.1, 0.15) is 60.3 Å². The van der Waals surface area contributed by atoms with Gasteiger partial charge in [0.15, 0.2) is 17.7 Å². The van der Waals surface area contributed by atoms with Crippen LogP contribution in [0.15, 0.2) is 48.5 Å². The Morgan fingerprint density at radius 1 is 0.795 bits per heavy atom. The first-order valence-corrected chi connectivity index (χ1v) is 28.1. The maximum Gasteiger partial charge on any atom is 0.446 e. The number of phenolic OH excluding ortho intramolecular Hbond substituents is 1. The lowest BCUT2D eigenvalue weighted by molar-refractivity contribution is -0.149. The van der Waals surface area contributed by atoms with Crippen molar-refractivity contribution >= 4 is 63.7 Å². The number of benzene rings is 2. The predicted octanol–water partition coefficient (Wildman–Crippen LogP) is -4.65. The normalized spacial score (nSPS) is 27.6. The standard InChI is InChI=1S/C52H74N8O22S/c1-4-5-6-7-8-9-18-81-30-14-10-27(11-15-30)12-17-38(67)54-31-21-35(65)48(73)58-50(75)42-43(68)25(2)23-60(42)52(77)40(34(64)22-37(53)66)56-49(74)41(45(70)44(69)28-13-16-33(63)36(19-28)82-83(78,79)80)57-47(72)32-20-29(62)24-59(32)51(76)39(26(3)61)55-46(31)71/h10-17,19,25-26,29,31-32,34-35,39-45,48,61-65,68-70,73H,4-9,18,20-24H2,1-3H3,(H2,53,66)(H,54,67)(H,55,71)(H,56,74)(H,57,72)(H,58,75)(H,78,79,80)/b17-12+/t25-,26+,29+,31+,32-,34+,35+,39?,40-,41-,42-,43-,44-,45-,48+/m0/s1. The third-order valence-corrected chi connectivity index (χ3v) is 14.5. The Bertz CT molecular complexity index is 2770. The summed E-state index contributed by atoms with van der Waals surface area (Å²) in [5.74, 6) is -13.3. The van der Waals surface area contributed by atoms with Gasteiger partial charge in [-0.15, -0.1) is 0 Å². The number of aromatic hydroxyl groups is 1. The van der Waals surface area contributed by atoms with Crippen molar-refractivity contribution in [1.82, 2.24) is 36.4 Å². The fraction of sp³-hybridized carbons (Fsp3) is 0.577. The van der Waals surface area contributed by atoms with Gasteiger partial charge in [-0.05, 0) is 54.8 Å². The fourth-order valence-corrected chi connectivity index (χ4v) is 10.0. The average molecular weight is 1200 g/mol. The number of aliphatic hydroxyl groups is 8. The molecule has 30 nitrogen and oxygen atoms in total. The third-order valence-electron chi connectivity index (χ3n) is 14.2. The van der Waals surface area contributed by atoms with Crippen LogP contribution in [0.3, 0.4) is 0 Å². The highest BCUT2D eigenvalue weighted by atomic mass is 32.3. The fourth-order valence-electron chi connectivity index (χ4n) is 9.64. The Morgan fingerprint density at radius 3 is 2.06 bits per heavy atom. The number of amides is 8. The molecule has 83 heavy (non-hydrogen) atoms. The van der Waals surface area contributed by atoms with Crippen LogP contribution in [-0.4, -0.2) is 215 Å². The van der Waals surface area contributed by atoms with E-state index in [2.05, 4.69) is 27.1 Å². The number of nitrogens with zero attached hydrogens (tertiary/aromatic N) is 2. The van der Waals surface area contributed by atoms with Crippen LogP contribution in [0.1, 0.15) is 95.8 Å². The molecule has 0 spiro atoms. The summed E-state index contributed by atoms with van der Waals surface area (Å²) in [6, 6.07) is -4.18. The molecule has 3 aliphatic rings. The summed E-state index contributed by atoms with van der Waals surface area (Å²) in [6.07, 6.45) is -11.3. The molecule has 460 valence electrons. The third kappa shape index (κ3) is 18.5. The van der Waals surface area contributed by atoms with Crippen LogP contribution < -0.4 is 41.2 Å². The summed E-state index contributed by atoms with van der Waals surface area (Å²) < 4.78 is 42.4. The van der Waals surface area contributed by atoms with Crippen LogP contribution in [0, 0.1) is 5.92 Å². The van der Waals surface area contributed by atoms with Crippen molar-refractivity contribution in [2.75, 3.05) is 19.7 Å². The molecule has 0 saturated carbocycles. The van der Waals surface area contributed by atoms with Gasteiger partial charge in [-0.3, -0.25) is 42.9 Å². The molecule has 2 aromatic carbocycles. The second kappa shape index (κ2) is 30.0. The van der Waals surface area contributed by atoms with Gasteiger partial charge in [0.25, 0.3) is 0 Å². The highest BCUT2D eigenvalue weighted by molar-refractivity contribution is 7.81. The number of hydrogen-bond acceptors (Lipinski definition) is 21. The van der Waals surface area contributed by atoms with Crippen molar-refractivity contribution in [2.24, 2.45) is 11.7 Å². The number of carbonyl (C=O) groups excluding carboxylic acids is 8. The van der Waals surface area contributed by atoms with E-state index in [0.29, 0.717) is 33.8 Å². The average Bonchev–Trinajstić information content (AvgIpc) is 3.90. The van der Waals surface area contributed by atoms with Crippen molar-refractivity contribution < 1.29 is 106 Å². The van der Waals surface area contributed by atoms with E-state index in [1.807, 2.05) is 10.6 Å². The maximum absolute atomic E-state index is 14.6. The van der Waals surface area contributed by atoms with Crippen LogP contribution in [0.5, 0.6) is 17.2 Å². The van der Waals surface area contributed by atoms with E-state index in [1.54, 1.807) is 24.3 Å². The van der Waals surface area contributed by atoms with Crippen LogP contribution >= 0.6 is 0 Å². The summed E-state index contributed by atoms with van der Waals surface area (Å²) in [5.41, 5.74) is 5.23. The molecule has 0 bridgehead atoms. The SMILES string of the molecule is CCCCCCCCOc1ccc(/C=C/C(=O)N[C@@H]2C[C@@H](O)[C@@H](O)NC(=O)[C@@H]3[C@@H](O)[C@@H](C)CN3C(=O)[C@H]([C@H](O)CC(N)=O)NC(=O)[C@H]([C@H](O)[C@@H](O)c3ccc(O)c(OS(=O)(=O)O)c3)NC(=O)[C@@H]3C[C@@H](O)CN3C(=O)C([C@@H](C)O)NC2=O)cc1. The Labute approximate surface area is 476 Å². The number of ether oxygens (including phenoxy) is 1. The number of carbonyl (C=O) groups is 8. The summed E-state index contributed by atoms with van der Waals surface area (Å²) in [6.45, 7) is 3.75. The first-order chi connectivity index (χ1) is 39.0. The van der Waals surface area contributed by atoms with E-state index in [4.69, 9.17) is 10.5 Å². The largest absolute Gasteiger partial charge is 0.504 e. The van der Waals surface area contributed by atoms with Gasteiger partial charge in [-0.2, -0.15) is 8.42 Å². The minimum Gasteiger partial charge on any atom is -0.504 e. The summed E-state index contributed by atoms with van der Waals surface area (Å²) >= 11 is 0. The number of fused-ring (bicyclic) bond motifs is 2. The van der Waals surface area contributed by atoms with E-state index in [0.717, 1.165) is 63.7 Å². The minimum atomic E-state index is -5.34. The van der Waals surface area contributed by atoms with Gasteiger partial charge in [0.2, 0.25) is 47.3 Å². The molecular weight excluding hydrogens is 1120 g/mol. The van der Waals surface area contributed by atoms with E-state index in [1.165, 1.54) is 13.0 Å². The zero-order valence-corrected chi connectivity index (χ0v) is 46.4. The molecule has 8 amide bonds. The molecule has 3 fully saturated rings. The lowest BCUT2D eigenvalue weighted by Gasteiger charge is -2.34. The molecule has 3 aliphatic heterocycles. The van der Waals surface area contributed by atoms with Gasteiger partial charge in [-0.1, -0.05) is 64.2 Å². The van der Waals surface area contributed by atoms with Crippen molar-refractivity contribution in [2.45, 2.75) is 164 Å². The number of aliphatic hydroxyl groups excluding tert-OH is 8. The Hall–Kier alpha value is -7.07. The van der Waals surface area contributed by atoms with Crippen LogP contribution in [0.4, 0.5) is 0 Å². The number of primary amides is 1. The van der Waals surface area contributed by atoms with Crippen LogP contribution in [-0.2, 0) is 48.8 Å². The molecule has 0 aliphatic carbocycles. The molecule has 0 aromatic heterocycles. The van der Waals surface area contributed by atoms with E-state index >= 15 is 0 Å². The number of nitrogens with one attached hydrogen (secondary N) is 5. The monoisotopic (exact) mass is 1190 g/mol. The van der Waals surface area contributed by atoms with Crippen LogP contribution in [0.2, 0.25) is 0 Å². The molecule has 3 saturated heterocycles. The Morgan fingerprint density at radius 2 is 1.42 bits per heavy atom. The molecule has 15 atom stereocenters. The lowest BCUT2D eigenvalue weighted by Crippen LogP contribution is -2.64. The van der Waals surface area contributed by atoms with Crippen molar-refractivity contribution in [3.8, 4) is 17.2 Å². The molecule has 0 radical (unpaired) electrons. The number of hydrogen-bond donors (Lipinski definition) is 16. The molecular formula is C52H74N8O22S. The van der Waals surface area contributed by atoms with Crippen molar-refractivity contribution in [3.63, 3.8) is 0 Å². The number of unbranched alkanes of at least 4 members (excludes halogenated alkanes) is 5. The summed E-state index contributed by atoms with van der Waals surface area (Å²) in [5, 5.41) is 111. The van der Waals surface area contributed by atoms with E-state index in [-0.39, 0.29) is 0 Å². The van der Waals surface area contributed by atoms with Crippen molar-refractivity contribution in [3.05, 3.63) is 59.7 Å². The first-order valence-electron chi connectivity index (χ1n) is 26.8. The van der Waals surface area contributed by atoms with Crippen molar-refractivity contribution in [1.29, 1.82) is 0 Å². The molecule has 17 N–H and O–H groups in total. The maximum atomic E-state index is 14.6. The van der Waals surface area contributed by atoms with Crippen LogP contribution in [0.25, 0.3) is 6.08 Å². The second-order valence-corrected chi connectivity index (χ2v) is 21.8. The highest BCUT2D eigenvalue weighted by Crippen LogP contribution is 2.33. The molecule has 5 rings (SSSR count). The summed E-state index contributed by atoms with van der Waals surface area (Å²) in [4.78, 5) is 113. The van der Waals surface area contributed by atoms with Gasteiger partial charge in [0.05, 0.1) is 37.4 Å². The first kappa shape index (κ1) is 66.7.